The van der Waals surface area contributed by atoms with E-state index in [0.29, 0.717) is 23.3 Å². The molecule has 18 heavy (non-hydrogen) atoms. The number of nitrogens with two attached hydrogens (primary N) is 1. The van der Waals surface area contributed by atoms with E-state index in [1.54, 1.807) is 0 Å². The minimum atomic E-state index is -0.107. The van der Waals surface area contributed by atoms with E-state index in [9.17, 15) is 4.79 Å². The van der Waals surface area contributed by atoms with Gasteiger partial charge in [-0.1, -0.05) is 31.1 Å². The number of hydrogen-bond acceptors (Lipinski definition) is 5. The molecule has 1 aromatic rings. The average molecular weight is 268 g/mol. The van der Waals surface area contributed by atoms with Gasteiger partial charge in [0.2, 0.25) is 0 Å². The molecule has 5 nitrogen and oxygen atoms in total. The second kappa shape index (κ2) is 6.04. The summed E-state index contributed by atoms with van der Waals surface area (Å²) >= 11 is 1.34. The van der Waals surface area contributed by atoms with Crippen LogP contribution < -0.4 is 16.4 Å². The van der Waals surface area contributed by atoms with Gasteiger partial charge in [-0.05, 0) is 19.3 Å². The van der Waals surface area contributed by atoms with Crippen molar-refractivity contribution < 1.29 is 4.79 Å². The standard InChI is InChI=1S/C12H20N4OS/c1-2-3-4-7-14-11(17)9-10(13)16-12(18-9)15-8-5-6-8/h8H,2-7,13H2,1H3,(H,14,17)(H,15,16). The summed E-state index contributed by atoms with van der Waals surface area (Å²) < 4.78 is 0. The molecule has 1 fully saturated rings. The number of nitrogens with one attached hydrogen (secondary N) is 2. The first-order valence-corrected chi connectivity index (χ1v) is 7.33. The predicted octanol–water partition coefficient (Wildman–Crippen LogP) is 2.22. The second-order valence-electron chi connectivity index (χ2n) is 4.62. The summed E-state index contributed by atoms with van der Waals surface area (Å²) in [5, 5.41) is 6.89. The summed E-state index contributed by atoms with van der Waals surface area (Å²) in [6.45, 7) is 2.84. The highest BCUT2D eigenvalue weighted by Crippen LogP contribution is 2.30. The number of thiazole rings is 1. The number of amides is 1. The fraction of sp³-hybridized carbons (Fsp3) is 0.667. The quantitative estimate of drug-likeness (QED) is 0.662. The molecule has 4 N–H and O–H groups in total. The average Bonchev–Trinajstić information content (AvgIpc) is 3.07. The van der Waals surface area contributed by atoms with Crippen molar-refractivity contribution >= 4 is 28.2 Å². The van der Waals surface area contributed by atoms with Crippen molar-refractivity contribution in [3.8, 4) is 0 Å². The van der Waals surface area contributed by atoms with Crippen LogP contribution >= 0.6 is 11.3 Å². The summed E-state index contributed by atoms with van der Waals surface area (Å²) in [4.78, 5) is 16.6. The first-order chi connectivity index (χ1) is 8.70. The second-order valence-corrected chi connectivity index (χ2v) is 5.61. The van der Waals surface area contributed by atoms with Crippen molar-refractivity contribution in [2.24, 2.45) is 0 Å². The topological polar surface area (TPSA) is 80.0 Å². The Kier molecular flexibility index (Phi) is 4.41. The van der Waals surface area contributed by atoms with Crippen molar-refractivity contribution in [1.29, 1.82) is 0 Å². The number of unbranched alkanes of at least 4 members (excludes halogenated alkanes) is 2. The minimum absolute atomic E-state index is 0.107. The van der Waals surface area contributed by atoms with Crippen LogP contribution in [0, 0.1) is 0 Å². The van der Waals surface area contributed by atoms with E-state index < -0.39 is 0 Å². The third kappa shape index (κ3) is 3.60. The number of aromatic nitrogens is 1. The van der Waals surface area contributed by atoms with Crippen molar-refractivity contribution in [3.05, 3.63) is 4.88 Å². The van der Waals surface area contributed by atoms with Crippen LogP contribution in [0.5, 0.6) is 0 Å². The zero-order valence-electron chi connectivity index (χ0n) is 10.7. The Morgan fingerprint density at radius 3 is 2.94 bits per heavy atom. The number of hydrogen-bond donors (Lipinski definition) is 3. The Morgan fingerprint density at radius 2 is 2.28 bits per heavy atom. The number of nitrogens with zero attached hydrogens (tertiary/aromatic N) is 1. The van der Waals surface area contributed by atoms with Crippen LogP contribution in [0.1, 0.15) is 48.7 Å². The van der Waals surface area contributed by atoms with Crippen molar-refractivity contribution in [3.63, 3.8) is 0 Å². The lowest BCUT2D eigenvalue weighted by molar-refractivity contribution is 0.0957. The maximum absolute atomic E-state index is 11.9. The molecule has 0 radical (unpaired) electrons. The Morgan fingerprint density at radius 1 is 1.50 bits per heavy atom. The van der Waals surface area contributed by atoms with E-state index in [-0.39, 0.29) is 5.91 Å². The molecule has 1 aliphatic rings. The van der Waals surface area contributed by atoms with Crippen LogP contribution in [0.3, 0.4) is 0 Å². The van der Waals surface area contributed by atoms with Gasteiger partial charge in [0.15, 0.2) is 5.13 Å². The molecule has 1 saturated carbocycles. The molecule has 100 valence electrons. The van der Waals surface area contributed by atoms with Gasteiger partial charge in [-0.2, -0.15) is 0 Å². The molecular weight excluding hydrogens is 248 g/mol. The monoisotopic (exact) mass is 268 g/mol. The van der Waals surface area contributed by atoms with Crippen molar-refractivity contribution in [2.45, 2.75) is 45.1 Å². The maximum Gasteiger partial charge on any atom is 0.265 e. The molecule has 1 aliphatic carbocycles. The first kappa shape index (κ1) is 13.1. The molecule has 0 saturated heterocycles. The van der Waals surface area contributed by atoms with Crippen LogP contribution in [0.4, 0.5) is 10.9 Å². The molecular formula is C12H20N4OS. The number of anilines is 2. The van der Waals surface area contributed by atoms with Gasteiger partial charge in [0, 0.05) is 12.6 Å². The Labute approximate surface area is 111 Å². The molecule has 1 amide bonds. The minimum Gasteiger partial charge on any atom is -0.382 e. The lowest BCUT2D eigenvalue weighted by Gasteiger charge is -2.02. The SMILES string of the molecule is CCCCCNC(=O)c1sc(NC2CC2)nc1N. The summed E-state index contributed by atoms with van der Waals surface area (Å²) in [7, 11) is 0. The summed E-state index contributed by atoms with van der Waals surface area (Å²) in [5.41, 5.74) is 5.77. The zero-order chi connectivity index (χ0) is 13.0. The third-order valence-corrected chi connectivity index (χ3v) is 3.83. The van der Waals surface area contributed by atoms with E-state index in [0.717, 1.165) is 24.4 Å². The zero-order valence-corrected chi connectivity index (χ0v) is 11.5. The van der Waals surface area contributed by atoms with E-state index >= 15 is 0 Å². The molecule has 0 unspecified atom stereocenters. The largest absolute Gasteiger partial charge is 0.382 e. The fourth-order valence-electron chi connectivity index (χ4n) is 1.62. The number of carbonyl (C=O) groups is 1. The van der Waals surface area contributed by atoms with Crippen LogP contribution in [-0.4, -0.2) is 23.5 Å². The molecule has 0 spiro atoms. The van der Waals surface area contributed by atoms with Gasteiger partial charge < -0.3 is 16.4 Å². The van der Waals surface area contributed by atoms with Crippen molar-refractivity contribution in [1.82, 2.24) is 10.3 Å². The van der Waals surface area contributed by atoms with E-state index in [4.69, 9.17) is 5.73 Å². The van der Waals surface area contributed by atoms with Gasteiger partial charge in [0.25, 0.3) is 5.91 Å². The summed E-state index contributed by atoms with van der Waals surface area (Å²) in [6, 6.07) is 0.524. The lowest BCUT2D eigenvalue weighted by atomic mass is 10.2. The predicted molar refractivity (Wildman–Crippen MR) is 75.0 cm³/mol. The molecule has 1 heterocycles. The highest BCUT2D eigenvalue weighted by Gasteiger charge is 2.24. The summed E-state index contributed by atoms with van der Waals surface area (Å²) in [5.74, 6) is 0.223. The molecule has 0 aliphatic heterocycles. The van der Waals surface area contributed by atoms with E-state index in [1.165, 1.54) is 24.2 Å². The first-order valence-electron chi connectivity index (χ1n) is 6.51. The Bertz CT molecular complexity index is 414. The van der Waals surface area contributed by atoms with Gasteiger partial charge in [0.05, 0.1) is 0 Å². The van der Waals surface area contributed by atoms with Gasteiger partial charge in [-0.25, -0.2) is 4.98 Å². The molecule has 2 rings (SSSR count). The van der Waals surface area contributed by atoms with Crippen LogP contribution in [0.2, 0.25) is 0 Å². The lowest BCUT2D eigenvalue weighted by Crippen LogP contribution is -2.24. The number of rotatable bonds is 7. The fourth-order valence-corrected chi connectivity index (χ4v) is 2.49. The number of nitrogen functional groups attached to an aromatic ring is 1. The highest BCUT2D eigenvalue weighted by molar-refractivity contribution is 7.18. The molecule has 1 aromatic heterocycles. The Balaban J connectivity index is 1.86. The molecule has 0 aromatic carbocycles. The van der Waals surface area contributed by atoms with Crippen molar-refractivity contribution in [2.75, 3.05) is 17.6 Å². The third-order valence-electron chi connectivity index (χ3n) is 2.83. The Hall–Kier alpha value is -1.30. The van der Waals surface area contributed by atoms with Gasteiger partial charge in [0.1, 0.15) is 10.7 Å². The van der Waals surface area contributed by atoms with Gasteiger partial charge in [-0.15, -0.1) is 0 Å². The molecule has 0 atom stereocenters. The molecule has 0 bridgehead atoms. The van der Waals surface area contributed by atoms with Crippen LogP contribution in [-0.2, 0) is 0 Å². The van der Waals surface area contributed by atoms with Gasteiger partial charge >= 0.3 is 0 Å². The van der Waals surface area contributed by atoms with Crippen LogP contribution in [0.15, 0.2) is 0 Å². The number of carbonyl (C=O) groups excluding carboxylic acids is 1. The normalized spacial score (nSPS) is 14.5. The highest BCUT2D eigenvalue weighted by atomic mass is 32.1. The smallest absolute Gasteiger partial charge is 0.265 e. The van der Waals surface area contributed by atoms with Crippen LogP contribution in [0.25, 0.3) is 0 Å². The van der Waals surface area contributed by atoms with E-state index in [1.807, 2.05) is 0 Å². The summed E-state index contributed by atoms with van der Waals surface area (Å²) in [6.07, 6.45) is 5.64. The van der Waals surface area contributed by atoms with Gasteiger partial charge in [-0.3, -0.25) is 4.79 Å². The maximum atomic E-state index is 11.9. The molecule has 6 heteroatoms. The van der Waals surface area contributed by atoms with E-state index in [2.05, 4.69) is 22.5 Å².